The van der Waals surface area contributed by atoms with Crippen LogP contribution >= 0.6 is 0 Å². The molecule has 2 bridgehead atoms. The van der Waals surface area contributed by atoms with Gasteiger partial charge in [-0.05, 0) is 62.5 Å². The maximum atomic E-state index is 13.8. The SMILES string of the molecule is CCC12CC(C)C(C)[C@@H](C1)CC(C)(NC(=O)Nc1ccc(F)c(F)c1F)O2. The van der Waals surface area contributed by atoms with E-state index in [1.54, 1.807) is 0 Å². The van der Waals surface area contributed by atoms with Crippen LogP contribution in [0.3, 0.4) is 0 Å². The second-order valence-electron chi connectivity index (χ2n) is 8.38. The number of halogens is 3. The molecule has 0 radical (unpaired) electrons. The van der Waals surface area contributed by atoms with Crippen molar-refractivity contribution in [2.24, 2.45) is 17.8 Å². The van der Waals surface area contributed by atoms with Crippen LogP contribution in [0.5, 0.6) is 0 Å². The van der Waals surface area contributed by atoms with Crippen LogP contribution in [0.15, 0.2) is 12.1 Å². The number of hydrogen-bond donors (Lipinski definition) is 2. The van der Waals surface area contributed by atoms with Gasteiger partial charge in [-0.3, -0.25) is 0 Å². The van der Waals surface area contributed by atoms with Gasteiger partial charge < -0.3 is 15.4 Å². The molecule has 4 nitrogen and oxygen atoms in total. The summed E-state index contributed by atoms with van der Waals surface area (Å²) < 4.78 is 46.6. The smallest absolute Gasteiger partial charge is 0.321 e. The molecular formula is C20H27F3N2O2. The van der Waals surface area contributed by atoms with Crippen LogP contribution < -0.4 is 10.6 Å². The molecule has 5 atom stereocenters. The predicted molar refractivity (Wildman–Crippen MR) is 96.7 cm³/mol. The van der Waals surface area contributed by atoms with Gasteiger partial charge in [-0.25, -0.2) is 18.0 Å². The first kappa shape index (κ1) is 20.0. The lowest BCUT2D eigenvalue weighted by atomic mass is 9.62. The molecule has 1 heterocycles. The van der Waals surface area contributed by atoms with Crippen molar-refractivity contribution < 1.29 is 22.7 Å². The summed E-state index contributed by atoms with van der Waals surface area (Å²) in [7, 11) is 0. The summed E-state index contributed by atoms with van der Waals surface area (Å²) in [4.78, 5) is 12.4. The van der Waals surface area contributed by atoms with E-state index in [-0.39, 0.29) is 5.60 Å². The number of ether oxygens (including phenoxy) is 1. The summed E-state index contributed by atoms with van der Waals surface area (Å²) in [5, 5.41) is 5.03. The van der Waals surface area contributed by atoms with Gasteiger partial charge in [0.05, 0.1) is 11.3 Å². The van der Waals surface area contributed by atoms with Crippen molar-refractivity contribution in [3.63, 3.8) is 0 Å². The lowest BCUT2D eigenvalue weighted by Crippen LogP contribution is -2.62. The topological polar surface area (TPSA) is 50.4 Å². The van der Waals surface area contributed by atoms with E-state index in [0.29, 0.717) is 24.2 Å². The number of nitrogens with one attached hydrogen (secondary N) is 2. The van der Waals surface area contributed by atoms with Gasteiger partial charge in [0.25, 0.3) is 0 Å². The number of benzene rings is 1. The van der Waals surface area contributed by atoms with Gasteiger partial charge in [-0.1, -0.05) is 20.8 Å². The van der Waals surface area contributed by atoms with Crippen LogP contribution in [0.25, 0.3) is 0 Å². The fraction of sp³-hybridized carbons (Fsp3) is 0.650. The Kier molecular flexibility index (Phi) is 5.18. The first-order chi connectivity index (χ1) is 12.6. The van der Waals surface area contributed by atoms with Crippen LogP contribution in [0.1, 0.15) is 53.4 Å². The number of rotatable bonds is 3. The summed E-state index contributed by atoms with van der Waals surface area (Å²) in [6, 6.07) is 1.05. The standard InChI is InChI=1S/C20H27F3N2O2/c1-5-20-8-11(2)12(3)13(10-20)9-19(4,27-20)25-18(26)24-15-7-6-14(21)16(22)17(15)23/h6-7,11-13H,5,8-10H2,1-4H3,(H2,24,25,26)/t11?,12?,13-,19?,20?/m1/s1. The number of amides is 2. The number of anilines is 1. The molecule has 150 valence electrons. The van der Waals surface area contributed by atoms with E-state index in [4.69, 9.17) is 4.74 Å². The van der Waals surface area contributed by atoms with E-state index in [1.807, 2.05) is 6.92 Å². The van der Waals surface area contributed by atoms with Crippen LogP contribution in [0.4, 0.5) is 23.7 Å². The van der Waals surface area contributed by atoms with E-state index < -0.39 is 34.9 Å². The molecular weight excluding hydrogens is 357 g/mol. The quantitative estimate of drug-likeness (QED) is 0.705. The average Bonchev–Trinajstić information content (AvgIpc) is 2.59. The lowest BCUT2D eigenvalue weighted by Gasteiger charge is -2.56. The fourth-order valence-corrected chi connectivity index (χ4v) is 4.80. The van der Waals surface area contributed by atoms with E-state index in [1.165, 1.54) is 0 Å². The molecule has 1 aromatic rings. The Bertz CT molecular complexity index is 740. The molecule has 2 N–H and O–H groups in total. The Morgan fingerprint density at radius 3 is 2.56 bits per heavy atom. The molecule has 7 heteroatoms. The summed E-state index contributed by atoms with van der Waals surface area (Å²) in [5.41, 5.74) is -1.62. The monoisotopic (exact) mass is 384 g/mol. The van der Waals surface area contributed by atoms with Crippen LogP contribution in [0.2, 0.25) is 0 Å². The van der Waals surface area contributed by atoms with Gasteiger partial charge in [0.2, 0.25) is 0 Å². The summed E-state index contributed by atoms with van der Waals surface area (Å²) >= 11 is 0. The van der Waals surface area contributed by atoms with Crippen molar-refractivity contribution in [1.29, 1.82) is 0 Å². The highest BCUT2D eigenvalue weighted by molar-refractivity contribution is 5.89. The molecule has 4 unspecified atom stereocenters. The zero-order chi connectivity index (χ0) is 20.0. The normalized spacial score (nSPS) is 35.6. The number of urea groups is 1. The first-order valence-electron chi connectivity index (χ1n) is 9.51. The maximum Gasteiger partial charge on any atom is 0.321 e. The van der Waals surface area contributed by atoms with Crippen molar-refractivity contribution in [2.75, 3.05) is 5.32 Å². The molecule has 0 aromatic heterocycles. The summed E-state index contributed by atoms with van der Waals surface area (Å²) in [5.74, 6) is -2.88. The molecule has 2 amide bonds. The largest absolute Gasteiger partial charge is 0.350 e. The molecule has 1 saturated carbocycles. The third-order valence-corrected chi connectivity index (χ3v) is 6.37. The summed E-state index contributed by atoms with van der Waals surface area (Å²) in [6.45, 7) is 8.37. The third-order valence-electron chi connectivity index (χ3n) is 6.37. The van der Waals surface area contributed by atoms with Crippen molar-refractivity contribution >= 4 is 11.7 Å². The van der Waals surface area contributed by atoms with Gasteiger partial charge in [-0.2, -0.15) is 0 Å². The minimum Gasteiger partial charge on any atom is -0.350 e. The Morgan fingerprint density at radius 2 is 1.89 bits per heavy atom. The van der Waals surface area contributed by atoms with Gasteiger partial charge in [-0.15, -0.1) is 0 Å². The molecule has 1 aromatic carbocycles. The van der Waals surface area contributed by atoms with Gasteiger partial charge >= 0.3 is 6.03 Å². The average molecular weight is 384 g/mol. The van der Waals surface area contributed by atoms with Crippen LogP contribution in [-0.4, -0.2) is 17.4 Å². The van der Waals surface area contributed by atoms with Crippen LogP contribution in [0, 0.1) is 35.2 Å². The second kappa shape index (κ2) is 7.00. The van der Waals surface area contributed by atoms with Gasteiger partial charge in [0, 0.05) is 0 Å². The number of carbonyl (C=O) groups excluding carboxylic acids is 1. The van der Waals surface area contributed by atoms with E-state index >= 15 is 0 Å². The molecule has 27 heavy (non-hydrogen) atoms. The molecule has 2 fully saturated rings. The highest BCUT2D eigenvalue weighted by atomic mass is 19.2. The Labute approximate surface area is 157 Å². The highest BCUT2D eigenvalue weighted by Crippen LogP contribution is 2.52. The number of fused-ring (bicyclic) bond motifs is 2. The minimum atomic E-state index is -1.62. The Balaban J connectivity index is 1.75. The molecule has 3 rings (SSSR count). The van der Waals surface area contributed by atoms with Crippen LogP contribution in [-0.2, 0) is 4.74 Å². The molecule has 1 saturated heterocycles. The van der Waals surface area contributed by atoms with Crippen molar-refractivity contribution in [2.45, 2.75) is 64.7 Å². The Morgan fingerprint density at radius 1 is 1.19 bits per heavy atom. The lowest BCUT2D eigenvalue weighted by molar-refractivity contribution is -0.240. The highest BCUT2D eigenvalue weighted by Gasteiger charge is 2.52. The van der Waals surface area contributed by atoms with Crippen molar-refractivity contribution in [3.8, 4) is 0 Å². The van der Waals surface area contributed by atoms with Gasteiger partial charge in [0.15, 0.2) is 17.5 Å². The number of carbonyl (C=O) groups is 1. The fourth-order valence-electron chi connectivity index (χ4n) is 4.80. The van der Waals surface area contributed by atoms with Crippen molar-refractivity contribution in [1.82, 2.24) is 5.32 Å². The summed E-state index contributed by atoms with van der Waals surface area (Å²) in [6.07, 6.45) is 3.38. The van der Waals surface area contributed by atoms with E-state index in [9.17, 15) is 18.0 Å². The third kappa shape index (κ3) is 3.79. The van der Waals surface area contributed by atoms with Gasteiger partial charge in [0.1, 0.15) is 5.72 Å². The zero-order valence-corrected chi connectivity index (χ0v) is 16.2. The van der Waals surface area contributed by atoms with E-state index in [2.05, 4.69) is 31.4 Å². The number of hydrogen-bond acceptors (Lipinski definition) is 2. The minimum absolute atomic E-state index is 0.288. The molecule has 1 aliphatic carbocycles. The molecule has 1 aliphatic heterocycles. The van der Waals surface area contributed by atoms with Crippen molar-refractivity contribution in [3.05, 3.63) is 29.6 Å². The predicted octanol–water partition coefficient (Wildman–Crippen LogP) is 5.19. The van der Waals surface area contributed by atoms with E-state index in [0.717, 1.165) is 31.4 Å². The molecule has 0 spiro atoms. The zero-order valence-electron chi connectivity index (χ0n) is 16.2. The Hall–Kier alpha value is -1.76. The maximum absolute atomic E-state index is 13.8. The second-order valence-corrected chi connectivity index (χ2v) is 8.38. The first-order valence-corrected chi connectivity index (χ1v) is 9.51. The molecule has 2 aliphatic rings.